The van der Waals surface area contributed by atoms with E-state index in [0.29, 0.717) is 11.0 Å². The number of H-pyrrole nitrogens is 1. The van der Waals surface area contributed by atoms with Gasteiger partial charge in [0.1, 0.15) is 17.3 Å². The van der Waals surface area contributed by atoms with Crippen molar-refractivity contribution in [3.05, 3.63) is 63.9 Å². The fourth-order valence-corrected chi connectivity index (χ4v) is 2.44. The molecule has 0 aliphatic rings. The highest BCUT2D eigenvalue weighted by molar-refractivity contribution is 9.10. The molecule has 6 heteroatoms. The molecule has 0 saturated carbocycles. The lowest BCUT2D eigenvalue weighted by molar-refractivity contribution is 0.103. The fourth-order valence-electron chi connectivity index (χ4n) is 2.04. The van der Waals surface area contributed by atoms with E-state index in [0.717, 1.165) is 12.1 Å². The normalized spacial score (nSPS) is 10.9. The van der Waals surface area contributed by atoms with E-state index in [4.69, 9.17) is 0 Å². The molecule has 100 valence electrons. The zero-order chi connectivity index (χ0) is 14.3. The van der Waals surface area contributed by atoms with E-state index >= 15 is 0 Å². The van der Waals surface area contributed by atoms with Crippen LogP contribution in [0.3, 0.4) is 0 Å². The summed E-state index contributed by atoms with van der Waals surface area (Å²) in [4.78, 5) is 19.2. The van der Waals surface area contributed by atoms with Crippen molar-refractivity contribution >= 4 is 32.7 Å². The molecule has 0 radical (unpaired) electrons. The maximum Gasteiger partial charge on any atom is 0.201 e. The first-order chi connectivity index (χ1) is 9.58. The van der Waals surface area contributed by atoms with Gasteiger partial charge in [-0.05, 0) is 24.3 Å². The minimum atomic E-state index is -0.903. The molecule has 20 heavy (non-hydrogen) atoms. The van der Waals surface area contributed by atoms with E-state index < -0.39 is 23.0 Å². The first-order valence-corrected chi connectivity index (χ1v) is 6.48. The summed E-state index contributed by atoms with van der Waals surface area (Å²) in [7, 11) is 0. The third-order valence-corrected chi connectivity index (χ3v) is 3.39. The van der Waals surface area contributed by atoms with E-state index in [1.54, 1.807) is 18.3 Å². The van der Waals surface area contributed by atoms with Crippen LogP contribution in [0.2, 0.25) is 0 Å². The Hall–Kier alpha value is -2.08. The van der Waals surface area contributed by atoms with Crippen LogP contribution in [0.4, 0.5) is 8.78 Å². The summed E-state index contributed by atoms with van der Waals surface area (Å²) in [5.74, 6) is -2.52. The summed E-state index contributed by atoms with van der Waals surface area (Å²) >= 11 is 2.98. The van der Waals surface area contributed by atoms with Gasteiger partial charge in [-0.25, -0.2) is 13.8 Å². The molecular weight excluding hydrogens is 330 g/mol. The van der Waals surface area contributed by atoms with Gasteiger partial charge in [0, 0.05) is 27.8 Å². The number of aromatic nitrogens is 2. The molecule has 1 N–H and O–H groups in total. The maximum atomic E-state index is 13.8. The molecule has 0 spiro atoms. The van der Waals surface area contributed by atoms with Gasteiger partial charge in [-0.2, -0.15) is 0 Å². The van der Waals surface area contributed by atoms with E-state index in [-0.39, 0.29) is 10.0 Å². The Balaban J connectivity index is 2.19. The maximum absolute atomic E-state index is 13.8. The molecule has 0 bridgehead atoms. The first kappa shape index (κ1) is 12.9. The van der Waals surface area contributed by atoms with E-state index in [1.807, 2.05) is 0 Å². The number of nitrogens with one attached hydrogen (secondary N) is 1. The number of carbonyl (C=O) groups is 1. The summed E-state index contributed by atoms with van der Waals surface area (Å²) in [6, 6.07) is 5.44. The predicted octanol–water partition coefficient (Wildman–Crippen LogP) is 3.83. The predicted molar refractivity (Wildman–Crippen MR) is 73.6 cm³/mol. The minimum absolute atomic E-state index is 0.188. The molecule has 0 amide bonds. The van der Waals surface area contributed by atoms with E-state index in [1.165, 1.54) is 6.20 Å². The Kier molecular flexibility index (Phi) is 3.10. The van der Waals surface area contributed by atoms with Gasteiger partial charge in [-0.1, -0.05) is 15.9 Å². The highest BCUT2D eigenvalue weighted by atomic mass is 79.9. The van der Waals surface area contributed by atoms with Gasteiger partial charge >= 0.3 is 0 Å². The van der Waals surface area contributed by atoms with Crippen molar-refractivity contribution in [3.63, 3.8) is 0 Å². The number of rotatable bonds is 2. The van der Waals surface area contributed by atoms with Gasteiger partial charge < -0.3 is 4.98 Å². The largest absolute Gasteiger partial charge is 0.345 e. The number of nitrogens with zero attached hydrogens (tertiary/aromatic N) is 1. The molecule has 1 aromatic carbocycles. The molecule has 0 fully saturated rings. The topological polar surface area (TPSA) is 45.8 Å². The Morgan fingerprint density at radius 1 is 1.25 bits per heavy atom. The van der Waals surface area contributed by atoms with Gasteiger partial charge in [0.25, 0.3) is 0 Å². The van der Waals surface area contributed by atoms with Crippen LogP contribution in [0.25, 0.3) is 11.0 Å². The van der Waals surface area contributed by atoms with Crippen molar-refractivity contribution in [2.24, 2.45) is 0 Å². The Bertz CT molecular complexity index is 806. The number of ketones is 1. The zero-order valence-electron chi connectivity index (χ0n) is 9.95. The second-order valence-corrected chi connectivity index (χ2v) is 5.09. The van der Waals surface area contributed by atoms with Crippen LogP contribution in [0, 0.1) is 11.6 Å². The van der Waals surface area contributed by atoms with Crippen LogP contribution in [0.1, 0.15) is 15.9 Å². The number of hydrogen-bond acceptors (Lipinski definition) is 2. The van der Waals surface area contributed by atoms with E-state index in [9.17, 15) is 13.6 Å². The first-order valence-electron chi connectivity index (χ1n) is 5.69. The number of hydrogen-bond donors (Lipinski definition) is 1. The molecule has 2 heterocycles. The molecule has 0 unspecified atom stereocenters. The Morgan fingerprint density at radius 2 is 1.95 bits per heavy atom. The lowest BCUT2D eigenvalue weighted by Crippen LogP contribution is -2.07. The molecule has 0 saturated heterocycles. The Labute approximate surface area is 120 Å². The van der Waals surface area contributed by atoms with Crippen LogP contribution < -0.4 is 0 Å². The second-order valence-electron chi connectivity index (χ2n) is 4.18. The number of benzene rings is 1. The van der Waals surface area contributed by atoms with Gasteiger partial charge in [0.15, 0.2) is 0 Å². The third kappa shape index (κ3) is 2.02. The Morgan fingerprint density at radius 3 is 2.65 bits per heavy atom. The lowest BCUT2D eigenvalue weighted by Gasteiger charge is -2.04. The third-order valence-electron chi connectivity index (χ3n) is 2.93. The van der Waals surface area contributed by atoms with Crippen LogP contribution >= 0.6 is 15.9 Å². The second kappa shape index (κ2) is 4.79. The highest BCUT2D eigenvalue weighted by Crippen LogP contribution is 2.25. The fraction of sp³-hybridized carbons (Fsp3) is 0. The minimum Gasteiger partial charge on any atom is -0.345 e. The van der Waals surface area contributed by atoms with Gasteiger partial charge in [-0.15, -0.1) is 0 Å². The number of fused-ring (bicyclic) bond motifs is 1. The van der Waals surface area contributed by atoms with Crippen molar-refractivity contribution in [3.8, 4) is 0 Å². The van der Waals surface area contributed by atoms with Crippen LogP contribution in [0.15, 0.2) is 41.1 Å². The van der Waals surface area contributed by atoms with Gasteiger partial charge in [0.05, 0.1) is 5.56 Å². The smallest absolute Gasteiger partial charge is 0.201 e. The van der Waals surface area contributed by atoms with Crippen molar-refractivity contribution < 1.29 is 13.6 Å². The molecule has 0 aliphatic carbocycles. The standard InChI is InChI=1S/C14H7BrF2N2O/c15-7-4-10(16)12(11(17)5-7)13(20)9-6-19-14-8(9)2-1-3-18-14/h1-6H,(H,18,19). The molecule has 2 aromatic heterocycles. The molecule has 3 rings (SSSR count). The van der Waals surface area contributed by atoms with Crippen molar-refractivity contribution in [2.45, 2.75) is 0 Å². The van der Waals surface area contributed by atoms with Crippen molar-refractivity contribution in [1.82, 2.24) is 9.97 Å². The summed E-state index contributed by atoms with van der Waals surface area (Å²) < 4.78 is 27.9. The van der Waals surface area contributed by atoms with Crippen molar-refractivity contribution in [2.75, 3.05) is 0 Å². The molecule has 0 aliphatic heterocycles. The average Bonchev–Trinajstić information content (AvgIpc) is 2.81. The lowest BCUT2D eigenvalue weighted by atomic mass is 10.0. The summed E-state index contributed by atoms with van der Waals surface area (Å²) in [5, 5.41) is 0.527. The average molecular weight is 337 g/mol. The number of aromatic amines is 1. The van der Waals surface area contributed by atoms with Gasteiger partial charge in [-0.3, -0.25) is 4.79 Å². The molecular formula is C14H7BrF2N2O. The summed E-state index contributed by atoms with van der Waals surface area (Å²) in [6.45, 7) is 0. The quantitative estimate of drug-likeness (QED) is 0.723. The van der Waals surface area contributed by atoms with Crippen LogP contribution in [0.5, 0.6) is 0 Å². The summed E-state index contributed by atoms with van der Waals surface area (Å²) in [5.41, 5.74) is 0.111. The van der Waals surface area contributed by atoms with E-state index in [2.05, 4.69) is 25.9 Å². The number of pyridine rings is 1. The van der Waals surface area contributed by atoms with Crippen LogP contribution in [-0.4, -0.2) is 15.8 Å². The summed E-state index contributed by atoms with van der Waals surface area (Å²) in [6.07, 6.45) is 2.97. The molecule has 3 aromatic rings. The van der Waals surface area contributed by atoms with Gasteiger partial charge in [0.2, 0.25) is 5.78 Å². The SMILES string of the molecule is O=C(c1c(F)cc(Br)cc1F)c1c[nH]c2ncccc12. The van der Waals surface area contributed by atoms with Crippen LogP contribution in [-0.2, 0) is 0 Å². The number of halogens is 3. The molecule has 0 atom stereocenters. The zero-order valence-corrected chi connectivity index (χ0v) is 11.5. The molecule has 3 nitrogen and oxygen atoms in total. The highest BCUT2D eigenvalue weighted by Gasteiger charge is 2.22. The van der Waals surface area contributed by atoms with Crippen molar-refractivity contribution in [1.29, 1.82) is 0 Å². The monoisotopic (exact) mass is 336 g/mol. The number of carbonyl (C=O) groups excluding carboxylic acids is 1.